The zero-order valence-corrected chi connectivity index (χ0v) is 17.2. The largest absolute Gasteiger partial charge is 0.481 e. The molecule has 29 heavy (non-hydrogen) atoms. The Kier molecular flexibility index (Phi) is 5.36. The molecule has 0 saturated heterocycles. The fourth-order valence-corrected chi connectivity index (χ4v) is 4.39. The Morgan fingerprint density at radius 2 is 1.86 bits per heavy atom. The maximum atomic E-state index is 12.8. The van der Waals surface area contributed by atoms with Crippen molar-refractivity contribution in [1.82, 2.24) is 4.57 Å². The van der Waals surface area contributed by atoms with Crippen molar-refractivity contribution in [3.8, 4) is 5.75 Å². The fourth-order valence-electron chi connectivity index (χ4n) is 3.39. The molecule has 4 aromatic rings. The standard InChI is InChI=1S/C23H22N2O3S/c1-3-20(28-18-11-9-15-7-5-6-8-16(15)13-18)22(26)24-17-10-12-19-21(14-17)29-23(27)25(19)4-2/h5-14,20H,3-4H2,1-2H3,(H,24,26). The van der Waals surface area contributed by atoms with Gasteiger partial charge in [0.2, 0.25) is 0 Å². The minimum absolute atomic E-state index is 0.0112. The van der Waals surface area contributed by atoms with Crippen LogP contribution in [-0.2, 0) is 11.3 Å². The lowest BCUT2D eigenvalue weighted by Gasteiger charge is -2.18. The highest BCUT2D eigenvalue weighted by molar-refractivity contribution is 7.16. The lowest BCUT2D eigenvalue weighted by molar-refractivity contribution is -0.122. The van der Waals surface area contributed by atoms with Gasteiger partial charge in [-0.25, -0.2) is 0 Å². The summed E-state index contributed by atoms with van der Waals surface area (Å²) in [6.45, 7) is 4.49. The first-order valence-electron chi connectivity index (χ1n) is 9.68. The van der Waals surface area contributed by atoms with Crippen molar-refractivity contribution in [3.05, 3.63) is 70.3 Å². The molecule has 0 aliphatic heterocycles. The summed E-state index contributed by atoms with van der Waals surface area (Å²) in [6, 6.07) is 19.4. The molecule has 1 N–H and O–H groups in total. The molecule has 1 heterocycles. The summed E-state index contributed by atoms with van der Waals surface area (Å²) < 4.78 is 8.56. The first-order chi connectivity index (χ1) is 14.1. The molecule has 5 nitrogen and oxygen atoms in total. The Bertz CT molecular complexity index is 1240. The predicted molar refractivity (Wildman–Crippen MR) is 119 cm³/mol. The topological polar surface area (TPSA) is 60.3 Å². The number of aryl methyl sites for hydroxylation is 1. The summed E-state index contributed by atoms with van der Waals surface area (Å²) in [6.07, 6.45) is -0.0636. The molecule has 0 aliphatic rings. The zero-order valence-electron chi connectivity index (χ0n) is 16.3. The molecule has 0 aliphatic carbocycles. The van der Waals surface area contributed by atoms with Gasteiger partial charge in [0.05, 0.1) is 10.2 Å². The van der Waals surface area contributed by atoms with Crippen molar-refractivity contribution in [1.29, 1.82) is 0 Å². The number of aromatic nitrogens is 1. The van der Waals surface area contributed by atoms with Gasteiger partial charge in [-0.3, -0.25) is 14.2 Å². The Morgan fingerprint density at radius 3 is 2.62 bits per heavy atom. The number of rotatable bonds is 6. The number of anilines is 1. The number of carbonyl (C=O) groups is 1. The van der Waals surface area contributed by atoms with E-state index in [9.17, 15) is 9.59 Å². The number of thiazole rings is 1. The van der Waals surface area contributed by atoms with Crippen molar-refractivity contribution in [2.24, 2.45) is 0 Å². The highest BCUT2D eigenvalue weighted by atomic mass is 32.1. The fraction of sp³-hybridized carbons (Fsp3) is 0.217. The van der Waals surface area contributed by atoms with E-state index < -0.39 is 6.10 Å². The zero-order chi connectivity index (χ0) is 20.4. The third-order valence-electron chi connectivity index (χ3n) is 4.91. The van der Waals surface area contributed by atoms with Crippen molar-refractivity contribution in [2.45, 2.75) is 32.9 Å². The minimum Gasteiger partial charge on any atom is -0.481 e. The van der Waals surface area contributed by atoms with E-state index in [0.717, 1.165) is 21.0 Å². The maximum Gasteiger partial charge on any atom is 0.308 e. The molecule has 0 saturated carbocycles. The average Bonchev–Trinajstić information content (AvgIpc) is 3.05. The van der Waals surface area contributed by atoms with Crippen LogP contribution >= 0.6 is 11.3 Å². The second-order valence-electron chi connectivity index (χ2n) is 6.81. The lowest BCUT2D eigenvalue weighted by atomic mass is 10.1. The van der Waals surface area contributed by atoms with Gasteiger partial charge in [-0.1, -0.05) is 48.6 Å². The van der Waals surface area contributed by atoms with E-state index in [1.54, 1.807) is 4.57 Å². The molecule has 6 heteroatoms. The molecule has 0 radical (unpaired) electrons. The van der Waals surface area contributed by atoms with Crippen LogP contribution in [0.5, 0.6) is 5.75 Å². The number of ether oxygens (including phenoxy) is 1. The van der Waals surface area contributed by atoms with E-state index in [0.29, 0.717) is 24.4 Å². The number of fused-ring (bicyclic) bond motifs is 2. The molecule has 1 unspecified atom stereocenters. The Balaban J connectivity index is 1.52. The van der Waals surface area contributed by atoms with Gasteiger partial charge >= 0.3 is 4.87 Å². The van der Waals surface area contributed by atoms with E-state index in [2.05, 4.69) is 5.32 Å². The highest BCUT2D eigenvalue weighted by Crippen LogP contribution is 2.24. The summed E-state index contributed by atoms with van der Waals surface area (Å²) in [7, 11) is 0. The average molecular weight is 407 g/mol. The number of nitrogens with zero attached hydrogens (tertiary/aromatic N) is 1. The Morgan fingerprint density at radius 1 is 1.07 bits per heavy atom. The molecule has 1 aromatic heterocycles. The van der Waals surface area contributed by atoms with E-state index in [1.807, 2.05) is 74.5 Å². The number of nitrogens with one attached hydrogen (secondary N) is 1. The van der Waals surface area contributed by atoms with Gasteiger partial charge in [-0.15, -0.1) is 0 Å². The summed E-state index contributed by atoms with van der Waals surface area (Å²) in [5.74, 6) is 0.460. The smallest absolute Gasteiger partial charge is 0.308 e. The molecule has 148 valence electrons. The van der Waals surface area contributed by atoms with Gasteiger partial charge in [0.25, 0.3) is 5.91 Å². The van der Waals surface area contributed by atoms with Gasteiger partial charge in [0, 0.05) is 12.2 Å². The predicted octanol–water partition coefficient (Wildman–Crippen LogP) is 5.03. The number of hydrogen-bond donors (Lipinski definition) is 1. The summed E-state index contributed by atoms with van der Waals surface area (Å²) in [5.41, 5.74) is 1.55. The van der Waals surface area contributed by atoms with E-state index >= 15 is 0 Å². The number of carbonyl (C=O) groups excluding carboxylic acids is 1. The monoisotopic (exact) mass is 406 g/mol. The van der Waals surface area contributed by atoms with Crippen LogP contribution in [0.15, 0.2) is 65.5 Å². The van der Waals surface area contributed by atoms with Crippen LogP contribution < -0.4 is 14.9 Å². The number of hydrogen-bond acceptors (Lipinski definition) is 4. The first kappa shape index (κ1) is 19.2. The van der Waals surface area contributed by atoms with Crippen molar-refractivity contribution in [3.63, 3.8) is 0 Å². The lowest BCUT2D eigenvalue weighted by Crippen LogP contribution is -2.32. The van der Waals surface area contributed by atoms with Crippen LogP contribution in [0.4, 0.5) is 5.69 Å². The molecule has 1 amide bonds. The number of benzene rings is 3. The Labute approximate surface area is 172 Å². The van der Waals surface area contributed by atoms with Crippen LogP contribution in [-0.4, -0.2) is 16.6 Å². The third-order valence-corrected chi connectivity index (χ3v) is 5.86. The second-order valence-corrected chi connectivity index (χ2v) is 7.80. The molecular formula is C23H22N2O3S. The molecule has 3 aromatic carbocycles. The molecular weight excluding hydrogens is 384 g/mol. The highest BCUT2D eigenvalue weighted by Gasteiger charge is 2.19. The summed E-state index contributed by atoms with van der Waals surface area (Å²) in [5, 5.41) is 5.12. The summed E-state index contributed by atoms with van der Waals surface area (Å²) in [4.78, 5) is 24.8. The van der Waals surface area contributed by atoms with Crippen LogP contribution in [0.3, 0.4) is 0 Å². The molecule has 0 fully saturated rings. The molecule has 1 atom stereocenters. The quantitative estimate of drug-likeness (QED) is 0.488. The van der Waals surface area contributed by atoms with Gasteiger partial charge in [-0.05, 0) is 54.4 Å². The van der Waals surface area contributed by atoms with Gasteiger partial charge < -0.3 is 10.1 Å². The molecule has 4 rings (SSSR count). The van der Waals surface area contributed by atoms with Crippen molar-refractivity contribution >= 4 is 43.9 Å². The van der Waals surface area contributed by atoms with Crippen LogP contribution in [0.25, 0.3) is 21.0 Å². The molecule has 0 spiro atoms. The van der Waals surface area contributed by atoms with Gasteiger partial charge in [0.15, 0.2) is 6.10 Å². The van der Waals surface area contributed by atoms with Gasteiger partial charge in [-0.2, -0.15) is 0 Å². The van der Waals surface area contributed by atoms with Crippen molar-refractivity contribution in [2.75, 3.05) is 5.32 Å². The van der Waals surface area contributed by atoms with Crippen LogP contribution in [0.2, 0.25) is 0 Å². The van der Waals surface area contributed by atoms with Crippen molar-refractivity contribution < 1.29 is 9.53 Å². The van der Waals surface area contributed by atoms with Crippen LogP contribution in [0, 0.1) is 0 Å². The van der Waals surface area contributed by atoms with E-state index in [1.165, 1.54) is 11.3 Å². The molecule has 0 bridgehead atoms. The van der Waals surface area contributed by atoms with E-state index in [4.69, 9.17) is 4.74 Å². The Hall–Kier alpha value is -3.12. The number of amides is 1. The SMILES string of the molecule is CCC(Oc1ccc2ccccc2c1)C(=O)Nc1ccc2c(c1)sc(=O)n2CC. The normalized spacial score (nSPS) is 12.2. The second kappa shape index (κ2) is 8.09. The van der Waals surface area contributed by atoms with Gasteiger partial charge in [0.1, 0.15) is 5.75 Å². The third kappa shape index (κ3) is 3.89. The van der Waals surface area contributed by atoms with Crippen LogP contribution in [0.1, 0.15) is 20.3 Å². The minimum atomic E-state index is -0.606. The van der Waals surface area contributed by atoms with E-state index in [-0.39, 0.29) is 10.8 Å². The summed E-state index contributed by atoms with van der Waals surface area (Å²) >= 11 is 1.19. The first-order valence-corrected chi connectivity index (χ1v) is 10.5. The maximum absolute atomic E-state index is 12.8.